The first kappa shape index (κ1) is 18.0. The van der Waals surface area contributed by atoms with Gasteiger partial charge >= 0.3 is 0 Å². The zero-order valence-electron chi connectivity index (χ0n) is 14.4. The van der Waals surface area contributed by atoms with Crippen molar-refractivity contribution < 1.29 is 4.39 Å². The molecule has 0 fully saturated rings. The van der Waals surface area contributed by atoms with Gasteiger partial charge in [-0.25, -0.2) is 14.4 Å². The Hall–Kier alpha value is -2.37. The van der Waals surface area contributed by atoms with Gasteiger partial charge in [-0.15, -0.1) is 0 Å². The summed E-state index contributed by atoms with van der Waals surface area (Å²) >= 11 is 0. The van der Waals surface area contributed by atoms with Crippen LogP contribution in [-0.4, -0.2) is 28.6 Å². The van der Waals surface area contributed by atoms with Crippen LogP contribution in [0.4, 0.5) is 4.39 Å². The predicted molar refractivity (Wildman–Crippen MR) is 95.4 cm³/mol. The van der Waals surface area contributed by atoms with E-state index in [2.05, 4.69) is 25.2 Å². The monoisotopic (exact) mass is 331 g/mol. The third-order valence-corrected chi connectivity index (χ3v) is 3.75. The van der Waals surface area contributed by atoms with Crippen LogP contribution in [0.5, 0.6) is 0 Å². The van der Waals surface area contributed by atoms with Crippen LogP contribution in [0.25, 0.3) is 0 Å². The molecule has 0 aliphatic rings. The Morgan fingerprint density at radius 2 is 2.08 bits per heavy atom. The van der Waals surface area contributed by atoms with E-state index >= 15 is 0 Å². The molecule has 0 spiro atoms. The van der Waals surface area contributed by atoms with Gasteiger partial charge in [0, 0.05) is 37.6 Å². The van der Waals surface area contributed by atoms with Crippen LogP contribution in [0.3, 0.4) is 0 Å². The maximum atomic E-state index is 13.6. The number of halogens is 1. The van der Waals surface area contributed by atoms with Crippen molar-refractivity contribution in [1.82, 2.24) is 20.2 Å². The Bertz CT molecular complexity index is 650. The van der Waals surface area contributed by atoms with E-state index in [1.165, 1.54) is 6.07 Å². The standard InChI is InChI=1S/C18H26FN5/c1-3-20-18(23-14-16-8-4-5-9-17(16)19)22-10-6-7-12-24-13-11-21-15(24)2/h4-5,8-9,11,13H,3,6-7,10,12,14H2,1-2H3,(H2,20,22,23). The average Bonchev–Trinajstić information content (AvgIpc) is 2.98. The van der Waals surface area contributed by atoms with E-state index in [0.717, 1.165) is 44.3 Å². The molecule has 1 aromatic carbocycles. The average molecular weight is 331 g/mol. The largest absolute Gasteiger partial charge is 0.357 e. The van der Waals surface area contributed by atoms with Crippen LogP contribution in [0.2, 0.25) is 0 Å². The summed E-state index contributed by atoms with van der Waals surface area (Å²) in [6, 6.07) is 6.74. The highest BCUT2D eigenvalue weighted by atomic mass is 19.1. The molecule has 0 aliphatic carbocycles. The first-order chi connectivity index (χ1) is 11.7. The van der Waals surface area contributed by atoms with Gasteiger partial charge < -0.3 is 15.2 Å². The molecule has 1 aromatic heterocycles. The maximum Gasteiger partial charge on any atom is 0.191 e. The van der Waals surface area contributed by atoms with Crippen molar-refractivity contribution in [1.29, 1.82) is 0 Å². The van der Waals surface area contributed by atoms with Gasteiger partial charge in [0.15, 0.2) is 5.96 Å². The first-order valence-corrected chi connectivity index (χ1v) is 8.44. The van der Waals surface area contributed by atoms with Crippen LogP contribution in [0.1, 0.15) is 31.2 Å². The van der Waals surface area contributed by atoms with Gasteiger partial charge in [0.25, 0.3) is 0 Å². The van der Waals surface area contributed by atoms with Gasteiger partial charge in [-0.2, -0.15) is 0 Å². The summed E-state index contributed by atoms with van der Waals surface area (Å²) in [7, 11) is 0. The number of unbranched alkanes of at least 4 members (excludes halogenated alkanes) is 1. The van der Waals surface area contributed by atoms with E-state index in [1.807, 2.05) is 32.3 Å². The quantitative estimate of drug-likeness (QED) is 0.444. The number of hydrogen-bond acceptors (Lipinski definition) is 2. The topological polar surface area (TPSA) is 54.2 Å². The number of aliphatic imine (C=N–C) groups is 1. The van der Waals surface area contributed by atoms with Crippen molar-refractivity contribution >= 4 is 5.96 Å². The van der Waals surface area contributed by atoms with Crippen molar-refractivity contribution in [2.24, 2.45) is 4.99 Å². The minimum absolute atomic E-state index is 0.215. The lowest BCUT2D eigenvalue weighted by Crippen LogP contribution is -2.37. The Morgan fingerprint density at radius 3 is 2.79 bits per heavy atom. The molecule has 0 unspecified atom stereocenters. The molecule has 0 saturated carbocycles. The van der Waals surface area contributed by atoms with E-state index < -0.39 is 0 Å². The third kappa shape index (κ3) is 5.68. The van der Waals surface area contributed by atoms with Crippen molar-refractivity contribution in [2.75, 3.05) is 13.1 Å². The first-order valence-electron chi connectivity index (χ1n) is 8.44. The third-order valence-electron chi connectivity index (χ3n) is 3.75. The second-order valence-corrected chi connectivity index (χ2v) is 5.59. The van der Waals surface area contributed by atoms with Crippen LogP contribution in [0.15, 0.2) is 41.7 Å². The number of aromatic nitrogens is 2. The summed E-state index contributed by atoms with van der Waals surface area (Å²) in [5, 5.41) is 6.48. The molecule has 0 amide bonds. The Labute approximate surface area is 143 Å². The number of hydrogen-bond donors (Lipinski definition) is 2. The molecule has 0 atom stereocenters. The molecule has 1 heterocycles. The lowest BCUT2D eigenvalue weighted by atomic mass is 10.2. The summed E-state index contributed by atoms with van der Waals surface area (Å²) in [5.41, 5.74) is 0.602. The lowest BCUT2D eigenvalue weighted by molar-refractivity contribution is 0.587. The van der Waals surface area contributed by atoms with Crippen LogP contribution in [-0.2, 0) is 13.1 Å². The zero-order chi connectivity index (χ0) is 17.2. The normalized spacial score (nSPS) is 11.5. The van der Waals surface area contributed by atoms with Gasteiger partial charge in [-0.05, 0) is 32.8 Å². The minimum atomic E-state index is -0.215. The molecule has 0 aliphatic heterocycles. The molecule has 2 N–H and O–H groups in total. The second kappa shape index (κ2) is 9.70. The molecule has 0 bridgehead atoms. The summed E-state index contributed by atoms with van der Waals surface area (Å²) in [5.74, 6) is 1.55. The molecule has 2 rings (SSSR count). The molecule has 0 saturated heterocycles. The Balaban J connectivity index is 1.75. The fourth-order valence-electron chi connectivity index (χ4n) is 2.39. The maximum absolute atomic E-state index is 13.6. The summed E-state index contributed by atoms with van der Waals surface area (Å²) in [6.07, 6.45) is 5.92. The molecular weight excluding hydrogens is 305 g/mol. The van der Waals surface area contributed by atoms with Crippen molar-refractivity contribution in [2.45, 2.75) is 39.8 Å². The number of rotatable bonds is 8. The van der Waals surface area contributed by atoms with E-state index in [-0.39, 0.29) is 5.82 Å². The molecule has 0 radical (unpaired) electrons. The minimum Gasteiger partial charge on any atom is -0.357 e. The van der Waals surface area contributed by atoms with Crippen LogP contribution >= 0.6 is 0 Å². The van der Waals surface area contributed by atoms with E-state index in [9.17, 15) is 4.39 Å². The molecule has 24 heavy (non-hydrogen) atoms. The van der Waals surface area contributed by atoms with Crippen LogP contribution < -0.4 is 10.6 Å². The highest BCUT2D eigenvalue weighted by molar-refractivity contribution is 5.79. The smallest absolute Gasteiger partial charge is 0.191 e. The van der Waals surface area contributed by atoms with E-state index in [0.29, 0.717) is 12.1 Å². The number of imidazole rings is 1. The second-order valence-electron chi connectivity index (χ2n) is 5.59. The van der Waals surface area contributed by atoms with E-state index in [4.69, 9.17) is 0 Å². The van der Waals surface area contributed by atoms with Crippen molar-refractivity contribution in [3.05, 3.63) is 53.9 Å². The summed E-state index contributed by atoms with van der Waals surface area (Å²) < 4.78 is 15.8. The lowest BCUT2D eigenvalue weighted by Gasteiger charge is -2.11. The van der Waals surface area contributed by atoms with Gasteiger partial charge in [0.05, 0.1) is 6.54 Å². The van der Waals surface area contributed by atoms with Gasteiger partial charge in [-0.3, -0.25) is 0 Å². The Kier molecular flexibility index (Phi) is 7.26. The highest BCUT2D eigenvalue weighted by Gasteiger charge is 2.02. The summed E-state index contributed by atoms with van der Waals surface area (Å²) in [4.78, 5) is 8.66. The number of benzene rings is 1. The molecule has 6 heteroatoms. The number of nitrogens with zero attached hydrogens (tertiary/aromatic N) is 3. The Morgan fingerprint density at radius 1 is 1.25 bits per heavy atom. The molecular formula is C18H26FN5. The molecule has 130 valence electrons. The number of aryl methyl sites for hydroxylation is 2. The van der Waals surface area contributed by atoms with Gasteiger partial charge in [-0.1, -0.05) is 18.2 Å². The molecule has 5 nitrogen and oxygen atoms in total. The van der Waals surface area contributed by atoms with Crippen molar-refractivity contribution in [3.8, 4) is 0 Å². The fraction of sp³-hybridized carbons (Fsp3) is 0.444. The highest BCUT2D eigenvalue weighted by Crippen LogP contribution is 2.07. The number of nitrogens with one attached hydrogen (secondary N) is 2. The number of guanidine groups is 1. The van der Waals surface area contributed by atoms with Crippen LogP contribution in [0, 0.1) is 12.7 Å². The van der Waals surface area contributed by atoms with Crippen molar-refractivity contribution in [3.63, 3.8) is 0 Å². The van der Waals surface area contributed by atoms with Gasteiger partial charge in [0.1, 0.15) is 11.6 Å². The van der Waals surface area contributed by atoms with E-state index in [1.54, 1.807) is 12.1 Å². The van der Waals surface area contributed by atoms with Gasteiger partial charge in [0.2, 0.25) is 0 Å². The summed E-state index contributed by atoms with van der Waals surface area (Å²) in [6.45, 7) is 6.93. The zero-order valence-corrected chi connectivity index (χ0v) is 14.4. The predicted octanol–water partition coefficient (Wildman–Crippen LogP) is 2.87. The fourth-order valence-corrected chi connectivity index (χ4v) is 2.39. The SMILES string of the molecule is CCNC(=NCc1ccccc1F)NCCCCn1ccnc1C. The molecule has 2 aromatic rings.